The number of halogens is 1. The maximum Gasteiger partial charge on any atom is 0.224 e. The molecule has 0 radical (unpaired) electrons. The molecule has 1 aliphatic heterocycles. The van der Waals surface area contributed by atoms with Crippen LogP contribution in [-0.2, 0) is 4.79 Å². The molecule has 1 N–H and O–H groups in total. The lowest BCUT2D eigenvalue weighted by Crippen LogP contribution is -2.33. The molecule has 5 nitrogen and oxygen atoms in total. The minimum atomic E-state index is 0.116. The van der Waals surface area contributed by atoms with Gasteiger partial charge in [0.2, 0.25) is 5.91 Å². The zero-order valence-corrected chi connectivity index (χ0v) is 18.8. The van der Waals surface area contributed by atoms with Crippen LogP contribution in [0.2, 0.25) is 0 Å². The maximum atomic E-state index is 12.7. The van der Waals surface area contributed by atoms with Crippen LogP contribution >= 0.6 is 22.6 Å². The predicted molar refractivity (Wildman–Crippen MR) is 125 cm³/mol. The third kappa shape index (κ3) is 4.82. The van der Waals surface area contributed by atoms with Crippen molar-refractivity contribution in [3.8, 4) is 6.07 Å². The summed E-state index contributed by atoms with van der Waals surface area (Å²) in [7, 11) is 0. The zero-order valence-electron chi connectivity index (χ0n) is 16.7. The number of aromatic nitrogens is 1. The SMILES string of the molecule is N#CC1CCN(c2ccc3c(NC(=O)CC4CCCCC4)c(I)ccc3n2)CC1. The van der Waals surface area contributed by atoms with Gasteiger partial charge in [-0.3, -0.25) is 4.79 Å². The summed E-state index contributed by atoms with van der Waals surface area (Å²) in [5, 5.41) is 13.3. The van der Waals surface area contributed by atoms with Crippen molar-refractivity contribution in [2.24, 2.45) is 11.8 Å². The van der Waals surface area contributed by atoms with Gasteiger partial charge in [0, 0.05) is 34.4 Å². The predicted octanol–water partition coefficient (Wildman–Crippen LogP) is 5.49. The van der Waals surface area contributed by atoms with Gasteiger partial charge < -0.3 is 10.2 Å². The van der Waals surface area contributed by atoms with Gasteiger partial charge >= 0.3 is 0 Å². The first-order valence-corrected chi connectivity index (χ1v) is 11.8. The number of benzene rings is 1. The normalized spacial score (nSPS) is 18.6. The number of piperidine rings is 1. The molecule has 0 atom stereocenters. The summed E-state index contributed by atoms with van der Waals surface area (Å²) in [6, 6.07) is 10.6. The van der Waals surface area contributed by atoms with Crippen LogP contribution < -0.4 is 10.2 Å². The summed E-state index contributed by atoms with van der Waals surface area (Å²) >= 11 is 2.29. The minimum Gasteiger partial charge on any atom is -0.357 e. The van der Waals surface area contributed by atoms with E-state index in [9.17, 15) is 4.79 Å². The lowest BCUT2D eigenvalue weighted by atomic mass is 9.87. The second-order valence-electron chi connectivity index (χ2n) is 8.31. The second kappa shape index (κ2) is 9.29. The van der Waals surface area contributed by atoms with Crippen molar-refractivity contribution in [1.29, 1.82) is 5.26 Å². The van der Waals surface area contributed by atoms with Gasteiger partial charge in [0.1, 0.15) is 5.82 Å². The van der Waals surface area contributed by atoms with Crippen LogP contribution in [0.25, 0.3) is 10.9 Å². The molecule has 2 fully saturated rings. The Kier molecular flexibility index (Phi) is 6.53. The molecule has 1 aliphatic carbocycles. The molecule has 152 valence electrons. The molecule has 0 bridgehead atoms. The van der Waals surface area contributed by atoms with Gasteiger partial charge in [0.15, 0.2) is 0 Å². The molecule has 1 saturated carbocycles. The first kappa shape index (κ1) is 20.4. The number of rotatable bonds is 4. The summed E-state index contributed by atoms with van der Waals surface area (Å²) in [5.41, 5.74) is 1.78. The van der Waals surface area contributed by atoms with Crippen LogP contribution in [0.3, 0.4) is 0 Å². The summed E-state index contributed by atoms with van der Waals surface area (Å²) in [5.74, 6) is 1.76. The Morgan fingerprint density at radius 1 is 1.14 bits per heavy atom. The molecule has 1 amide bonds. The van der Waals surface area contributed by atoms with E-state index in [0.29, 0.717) is 12.3 Å². The Labute approximate surface area is 186 Å². The Bertz CT molecular complexity index is 924. The van der Waals surface area contributed by atoms with E-state index in [2.05, 4.69) is 44.9 Å². The molecule has 1 saturated heterocycles. The Hall–Kier alpha value is -1.88. The van der Waals surface area contributed by atoms with Crippen molar-refractivity contribution in [2.75, 3.05) is 23.3 Å². The van der Waals surface area contributed by atoms with E-state index in [4.69, 9.17) is 10.2 Å². The Balaban J connectivity index is 1.51. The maximum absolute atomic E-state index is 12.7. The molecule has 0 unspecified atom stereocenters. The molecule has 2 aliphatic rings. The third-order valence-corrected chi connectivity index (χ3v) is 7.17. The first-order valence-electron chi connectivity index (χ1n) is 10.7. The van der Waals surface area contributed by atoms with Crippen molar-refractivity contribution in [3.63, 3.8) is 0 Å². The number of fused-ring (bicyclic) bond motifs is 1. The molecule has 1 aromatic heterocycles. The molecule has 1 aromatic carbocycles. The number of carbonyl (C=O) groups excluding carboxylic acids is 1. The van der Waals surface area contributed by atoms with Crippen LogP contribution in [0.5, 0.6) is 0 Å². The highest BCUT2D eigenvalue weighted by atomic mass is 127. The fourth-order valence-corrected chi connectivity index (χ4v) is 5.16. The molecule has 2 aromatic rings. The molecule has 0 spiro atoms. The summed E-state index contributed by atoms with van der Waals surface area (Å²) in [6.45, 7) is 1.73. The first-order chi connectivity index (χ1) is 14.1. The van der Waals surface area contributed by atoms with E-state index in [-0.39, 0.29) is 11.8 Å². The number of nitrogens with zero attached hydrogens (tertiary/aromatic N) is 3. The summed E-state index contributed by atoms with van der Waals surface area (Å²) in [4.78, 5) is 19.8. The van der Waals surface area contributed by atoms with E-state index in [1.807, 2.05) is 18.2 Å². The highest BCUT2D eigenvalue weighted by Crippen LogP contribution is 2.32. The van der Waals surface area contributed by atoms with Crippen LogP contribution in [0.15, 0.2) is 24.3 Å². The topological polar surface area (TPSA) is 69.0 Å². The van der Waals surface area contributed by atoms with Crippen LogP contribution in [-0.4, -0.2) is 24.0 Å². The summed E-state index contributed by atoms with van der Waals surface area (Å²) in [6.07, 6.45) is 8.56. The van der Waals surface area contributed by atoms with Crippen LogP contribution in [0, 0.1) is 26.7 Å². The van der Waals surface area contributed by atoms with Crippen molar-refractivity contribution in [3.05, 3.63) is 27.8 Å². The van der Waals surface area contributed by atoms with E-state index in [0.717, 1.165) is 51.9 Å². The molecule has 29 heavy (non-hydrogen) atoms. The largest absolute Gasteiger partial charge is 0.357 e. The van der Waals surface area contributed by atoms with E-state index in [1.165, 1.54) is 32.1 Å². The molecule has 6 heteroatoms. The van der Waals surface area contributed by atoms with Crippen LogP contribution in [0.4, 0.5) is 11.5 Å². The monoisotopic (exact) mass is 502 g/mol. The molecule has 4 rings (SSSR count). The van der Waals surface area contributed by atoms with Gasteiger partial charge in [-0.05, 0) is 78.5 Å². The van der Waals surface area contributed by atoms with Crippen molar-refractivity contribution >= 4 is 50.9 Å². The van der Waals surface area contributed by atoms with Gasteiger partial charge in [-0.2, -0.15) is 5.26 Å². The van der Waals surface area contributed by atoms with Crippen molar-refractivity contribution < 1.29 is 4.79 Å². The lowest BCUT2D eigenvalue weighted by Gasteiger charge is -2.30. The Morgan fingerprint density at radius 3 is 2.62 bits per heavy atom. The number of nitrogens with one attached hydrogen (secondary N) is 1. The smallest absolute Gasteiger partial charge is 0.224 e. The lowest BCUT2D eigenvalue weighted by molar-refractivity contribution is -0.117. The van der Waals surface area contributed by atoms with Gasteiger partial charge in [0.05, 0.1) is 17.3 Å². The highest BCUT2D eigenvalue weighted by Gasteiger charge is 2.21. The van der Waals surface area contributed by atoms with Crippen LogP contribution in [0.1, 0.15) is 51.4 Å². The fraction of sp³-hybridized carbons (Fsp3) is 0.522. The quantitative estimate of drug-likeness (QED) is 0.562. The third-order valence-electron chi connectivity index (χ3n) is 6.27. The number of hydrogen-bond acceptors (Lipinski definition) is 4. The van der Waals surface area contributed by atoms with Crippen molar-refractivity contribution in [2.45, 2.75) is 51.4 Å². The number of hydrogen-bond donors (Lipinski definition) is 1. The van der Waals surface area contributed by atoms with Gasteiger partial charge in [-0.25, -0.2) is 4.98 Å². The Morgan fingerprint density at radius 2 is 1.90 bits per heavy atom. The van der Waals surface area contributed by atoms with E-state index in [1.54, 1.807) is 0 Å². The average Bonchev–Trinajstić information content (AvgIpc) is 2.76. The van der Waals surface area contributed by atoms with E-state index < -0.39 is 0 Å². The standard InChI is InChI=1S/C23H27IN4O/c24-19-7-8-20-18(23(19)27-22(29)14-16-4-2-1-3-5-16)6-9-21(26-20)28-12-10-17(15-25)11-13-28/h6-9,16-17H,1-5,10-14H2,(H,27,29). The molecular formula is C23H27IN4O. The highest BCUT2D eigenvalue weighted by molar-refractivity contribution is 14.1. The second-order valence-corrected chi connectivity index (χ2v) is 9.47. The number of amides is 1. The minimum absolute atomic E-state index is 0.116. The van der Waals surface area contributed by atoms with Gasteiger partial charge in [-0.15, -0.1) is 0 Å². The number of pyridine rings is 1. The molecular weight excluding hydrogens is 475 g/mol. The van der Waals surface area contributed by atoms with Gasteiger partial charge in [-0.1, -0.05) is 19.3 Å². The van der Waals surface area contributed by atoms with E-state index >= 15 is 0 Å². The zero-order chi connectivity index (χ0) is 20.2. The fourth-order valence-electron chi connectivity index (χ4n) is 4.55. The average molecular weight is 502 g/mol. The number of carbonyl (C=O) groups is 1. The van der Waals surface area contributed by atoms with Crippen molar-refractivity contribution in [1.82, 2.24) is 4.98 Å². The number of nitriles is 1. The summed E-state index contributed by atoms with van der Waals surface area (Å²) < 4.78 is 1.04. The molecule has 2 heterocycles. The number of anilines is 2. The van der Waals surface area contributed by atoms with Gasteiger partial charge in [0.25, 0.3) is 0 Å².